The number of nitrogens with one attached hydrogen (secondary N) is 1. The molecule has 98 valence electrons. The van der Waals surface area contributed by atoms with Crippen molar-refractivity contribution < 1.29 is 4.74 Å². The molecule has 0 radical (unpaired) electrons. The van der Waals surface area contributed by atoms with E-state index in [1.165, 1.54) is 25.7 Å². The van der Waals surface area contributed by atoms with E-state index >= 15 is 0 Å². The van der Waals surface area contributed by atoms with E-state index in [0.717, 1.165) is 5.69 Å². The van der Waals surface area contributed by atoms with Crippen LogP contribution < -0.4 is 11.1 Å². The Balaban J connectivity index is 1.65. The summed E-state index contributed by atoms with van der Waals surface area (Å²) >= 11 is 0. The van der Waals surface area contributed by atoms with Crippen LogP contribution in [0.2, 0.25) is 0 Å². The molecule has 1 fully saturated rings. The third kappa shape index (κ3) is 4.37. The number of para-hydroxylation sites is 1. The molecule has 1 aromatic carbocycles. The number of hydrogen-bond acceptors (Lipinski definition) is 2. The van der Waals surface area contributed by atoms with Crippen LogP contribution in [0.25, 0.3) is 0 Å². The summed E-state index contributed by atoms with van der Waals surface area (Å²) in [4.78, 5) is 4.24. The van der Waals surface area contributed by atoms with Crippen molar-refractivity contribution in [2.24, 2.45) is 10.7 Å². The molecule has 0 unspecified atom stereocenters. The zero-order valence-corrected chi connectivity index (χ0v) is 10.6. The zero-order chi connectivity index (χ0) is 12.6. The average molecular weight is 247 g/mol. The fourth-order valence-electron chi connectivity index (χ4n) is 2.15. The third-order valence-corrected chi connectivity index (χ3v) is 3.08. The quantitative estimate of drug-likeness (QED) is 0.477. The number of ether oxygens (including phenoxy) is 1. The first-order chi connectivity index (χ1) is 8.84. The molecule has 1 aliphatic carbocycles. The van der Waals surface area contributed by atoms with Gasteiger partial charge >= 0.3 is 0 Å². The van der Waals surface area contributed by atoms with Gasteiger partial charge in [-0.15, -0.1) is 0 Å². The standard InChI is InChI=1S/C14H21N3O/c15-14(17-12-6-2-1-3-7-12)16-10-11-18-13-8-4-5-9-13/h1-3,6-7,13H,4-5,8-11H2,(H3,15,16,17). The van der Waals surface area contributed by atoms with Crippen LogP contribution in [0.4, 0.5) is 5.69 Å². The number of rotatable bonds is 5. The molecular weight excluding hydrogens is 226 g/mol. The molecule has 0 heterocycles. The van der Waals surface area contributed by atoms with Gasteiger partial charge in [0.1, 0.15) is 0 Å². The van der Waals surface area contributed by atoms with Gasteiger partial charge in [-0.05, 0) is 25.0 Å². The number of aliphatic imine (C=N–C) groups is 1. The minimum Gasteiger partial charge on any atom is -0.376 e. The molecule has 2 rings (SSSR count). The third-order valence-electron chi connectivity index (χ3n) is 3.08. The second-order valence-electron chi connectivity index (χ2n) is 4.54. The van der Waals surface area contributed by atoms with E-state index in [-0.39, 0.29) is 0 Å². The van der Waals surface area contributed by atoms with E-state index in [1.807, 2.05) is 30.3 Å². The molecule has 0 saturated heterocycles. The number of nitrogens with two attached hydrogens (primary N) is 1. The molecule has 4 heteroatoms. The summed E-state index contributed by atoms with van der Waals surface area (Å²) in [5.41, 5.74) is 6.74. The summed E-state index contributed by atoms with van der Waals surface area (Å²) in [6, 6.07) is 9.79. The van der Waals surface area contributed by atoms with Gasteiger partial charge in [0.25, 0.3) is 0 Å². The molecule has 3 N–H and O–H groups in total. The SMILES string of the molecule is NC(=NCCOC1CCCC1)Nc1ccccc1. The first-order valence-corrected chi connectivity index (χ1v) is 6.58. The maximum atomic E-state index is 5.78. The highest BCUT2D eigenvalue weighted by atomic mass is 16.5. The van der Waals surface area contributed by atoms with Gasteiger partial charge in [0, 0.05) is 5.69 Å². The first-order valence-electron chi connectivity index (χ1n) is 6.58. The Hall–Kier alpha value is -1.55. The molecule has 1 aromatic rings. The van der Waals surface area contributed by atoms with E-state index < -0.39 is 0 Å². The number of hydrogen-bond donors (Lipinski definition) is 2. The molecule has 0 aliphatic heterocycles. The van der Waals surface area contributed by atoms with Crippen molar-refractivity contribution in [2.75, 3.05) is 18.5 Å². The number of nitrogens with zero attached hydrogens (tertiary/aromatic N) is 1. The molecule has 0 atom stereocenters. The van der Waals surface area contributed by atoms with E-state index in [9.17, 15) is 0 Å². The van der Waals surface area contributed by atoms with Crippen molar-refractivity contribution in [3.05, 3.63) is 30.3 Å². The monoisotopic (exact) mass is 247 g/mol. The maximum Gasteiger partial charge on any atom is 0.193 e. The predicted molar refractivity (Wildman–Crippen MR) is 74.8 cm³/mol. The Labute approximate surface area is 108 Å². The summed E-state index contributed by atoms with van der Waals surface area (Å²) in [7, 11) is 0. The van der Waals surface area contributed by atoms with Gasteiger partial charge in [-0.3, -0.25) is 4.99 Å². The van der Waals surface area contributed by atoms with Crippen LogP contribution in [0, 0.1) is 0 Å². The second kappa shape index (κ2) is 7.01. The topological polar surface area (TPSA) is 59.6 Å². The molecule has 0 bridgehead atoms. The minimum absolute atomic E-state index is 0.441. The molecule has 1 saturated carbocycles. The number of guanidine groups is 1. The highest BCUT2D eigenvalue weighted by molar-refractivity contribution is 5.92. The van der Waals surface area contributed by atoms with Crippen molar-refractivity contribution >= 4 is 11.6 Å². The average Bonchev–Trinajstić information content (AvgIpc) is 2.89. The van der Waals surface area contributed by atoms with E-state index in [4.69, 9.17) is 10.5 Å². The highest BCUT2D eigenvalue weighted by Gasteiger charge is 2.14. The Bertz CT molecular complexity index is 372. The lowest BCUT2D eigenvalue weighted by atomic mass is 10.3. The second-order valence-corrected chi connectivity index (χ2v) is 4.54. The predicted octanol–water partition coefficient (Wildman–Crippen LogP) is 2.37. The molecule has 1 aliphatic rings. The molecule has 0 amide bonds. The van der Waals surface area contributed by atoms with Crippen LogP contribution in [0.15, 0.2) is 35.3 Å². The van der Waals surface area contributed by atoms with E-state index in [0.29, 0.717) is 25.2 Å². The van der Waals surface area contributed by atoms with Gasteiger partial charge in [0.2, 0.25) is 0 Å². The van der Waals surface area contributed by atoms with Gasteiger partial charge in [-0.1, -0.05) is 31.0 Å². The van der Waals surface area contributed by atoms with E-state index in [2.05, 4.69) is 10.3 Å². The van der Waals surface area contributed by atoms with Crippen LogP contribution in [-0.4, -0.2) is 25.2 Å². The van der Waals surface area contributed by atoms with Gasteiger partial charge < -0.3 is 15.8 Å². The van der Waals surface area contributed by atoms with Crippen molar-refractivity contribution in [3.8, 4) is 0 Å². The molecular formula is C14H21N3O. The van der Waals surface area contributed by atoms with Crippen LogP contribution in [0.1, 0.15) is 25.7 Å². The molecule has 4 nitrogen and oxygen atoms in total. The minimum atomic E-state index is 0.441. The van der Waals surface area contributed by atoms with Crippen LogP contribution in [0.3, 0.4) is 0 Å². The van der Waals surface area contributed by atoms with Gasteiger partial charge in [-0.2, -0.15) is 0 Å². The Morgan fingerprint density at radius 1 is 1.28 bits per heavy atom. The van der Waals surface area contributed by atoms with Gasteiger partial charge in [0.15, 0.2) is 5.96 Å². The Morgan fingerprint density at radius 2 is 2.00 bits per heavy atom. The molecule has 0 aromatic heterocycles. The smallest absolute Gasteiger partial charge is 0.193 e. The normalized spacial score (nSPS) is 17.0. The Morgan fingerprint density at radius 3 is 2.72 bits per heavy atom. The van der Waals surface area contributed by atoms with Crippen molar-refractivity contribution in [1.82, 2.24) is 0 Å². The molecule has 18 heavy (non-hydrogen) atoms. The van der Waals surface area contributed by atoms with Gasteiger partial charge in [0.05, 0.1) is 19.3 Å². The largest absolute Gasteiger partial charge is 0.376 e. The Kier molecular flexibility index (Phi) is 5.02. The van der Waals surface area contributed by atoms with Crippen LogP contribution in [-0.2, 0) is 4.74 Å². The number of anilines is 1. The fraction of sp³-hybridized carbons (Fsp3) is 0.500. The lowest BCUT2D eigenvalue weighted by molar-refractivity contribution is 0.0643. The maximum absolute atomic E-state index is 5.78. The first kappa shape index (κ1) is 12.9. The summed E-state index contributed by atoms with van der Waals surface area (Å²) < 4.78 is 5.71. The summed E-state index contributed by atoms with van der Waals surface area (Å²) in [6.07, 6.45) is 5.43. The van der Waals surface area contributed by atoms with Gasteiger partial charge in [-0.25, -0.2) is 0 Å². The summed E-state index contributed by atoms with van der Waals surface area (Å²) in [6.45, 7) is 1.27. The lowest BCUT2D eigenvalue weighted by Gasteiger charge is -2.09. The molecule has 0 spiro atoms. The lowest BCUT2D eigenvalue weighted by Crippen LogP contribution is -2.23. The zero-order valence-electron chi connectivity index (χ0n) is 10.6. The summed E-state index contributed by atoms with van der Waals surface area (Å²) in [5, 5.41) is 3.04. The van der Waals surface area contributed by atoms with E-state index in [1.54, 1.807) is 0 Å². The van der Waals surface area contributed by atoms with Crippen molar-refractivity contribution in [1.29, 1.82) is 0 Å². The number of benzene rings is 1. The van der Waals surface area contributed by atoms with Crippen molar-refractivity contribution in [3.63, 3.8) is 0 Å². The fourth-order valence-corrected chi connectivity index (χ4v) is 2.15. The van der Waals surface area contributed by atoms with Crippen LogP contribution in [0.5, 0.6) is 0 Å². The van der Waals surface area contributed by atoms with Crippen molar-refractivity contribution in [2.45, 2.75) is 31.8 Å². The highest BCUT2D eigenvalue weighted by Crippen LogP contribution is 2.20. The van der Waals surface area contributed by atoms with Crippen LogP contribution >= 0.6 is 0 Å². The summed E-state index contributed by atoms with van der Waals surface area (Å²) in [5.74, 6) is 0.441.